The molecule has 0 spiro atoms. The monoisotopic (exact) mass is 482 g/mol. The molecule has 4 rings (SSSR count). The maximum atomic E-state index is 13.3. The van der Waals surface area contributed by atoms with E-state index in [0.717, 1.165) is 37.2 Å². The summed E-state index contributed by atoms with van der Waals surface area (Å²) in [7, 11) is 0. The summed E-state index contributed by atoms with van der Waals surface area (Å²) < 4.78 is 24.3. The lowest BCUT2D eigenvalue weighted by Crippen LogP contribution is -2.40. The molecule has 0 radical (unpaired) electrons. The van der Waals surface area contributed by atoms with Crippen molar-refractivity contribution in [1.82, 2.24) is 14.8 Å². The van der Waals surface area contributed by atoms with Gasteiger partial charge >= 0.3 is 6.03 Å². The SMILES string of the molecule is CCOc1ccc2[nH]c(=O)c(CN(CCCN3CCOCC3)C(=O)Nc3ccc(F)cc3)cc2c1. The normalized spacial score (nSPS) is 14.1. The van der Waals surface area contributed by atoms with Gasteiger partial charge in [-0.2, -0.15) is 0 Å². The fraction of sp³-hybridized carbons (Fsp3) is 0.385. The number of carbonyl (C=O) groups is 1. The first-order chi connectivity index (χ1) is 17.0. The van der Waals surface area contributed by atoms with Gasteiger partial charge in [0.2, 0.25) is 0 Å². The second-order valence-corrected chi connectivity index (χ2v) is 8.47. The Morgan fingerprint density at radius 1 is 1.17 bits per heavy atom. The van der Waals surface area contributed by atoms with Gasteiger partial charge in [0.05, 0.1) is 26.4 Å². The van der Waals surface area contributed by atoms with E-state index in [0.29, 0.717) is 43.1 Å². The number of aromatic nitrogens is 1. The Bertz CT molecular complexity index is 1190. The Kier molecular flexibility index (Phi) is 8.33. The van der Waals surface area contributed by atoms with E-state index in [1.807, 2.05) is 25.1 Å². The van der Waals surface area contributed by atoms with Crippen molar-refractivity contribution < 1.29 is 18.7 Å². The van der Waals surface area contributed by atoms with Crippen LogP contribution in [0.5, 0.6) is 5.75 Å². The highest BCUT2D eigenvalue weighted by molar-refractivity contribution is 5.89. The summed E-state index contributed by atoms with van der Waals surface area (Å²) in [6.45, 7) is 7.05. The first-order valence-electron chi connectivity index (χ1n) is 11.9. The van der Waals surface area contributed by atoms with Crippen molar-refractivity contribution in [3.05, 3.63) is 70.3 Å². The standard InChI is InChI=1S/C26H31FN4O4/c1-2-35-23-8-9-24-19(17-23)16-20(25(32)29-24)18-31(11-3-10-30-12-14-34-15-13-30)26(33)28-22-6-4-21(27)5-7-22/h4-9,16-17H,2-3,10-15,18H2,1H3,(H,28,33)(H,29,32). The number of hydrogen-bond donors (Lipinski definition) is 2. The Labute approximate surface area is 203 Å². The minimum absolute atomic E-state index is 0.139. The fourth-order valence-electron chi connectivity index (χ4n) is 4.11. The third-order valence-electron chi connectivity index (χ3n) is 5.95. The van der Waals surface area contributed by atoms with Gasteiger partial charge in [0.1, 0.15) is 11.6 Å². The van der Waals surface area contributed by atoms with Crippen LogP contribution in [0.1, 0.15) is 18.9 Å². The lowest BCUT2D eigenvalue weighted by molar-refractivity contribution is 0.0365. The van der Waals surface area contributed by atoms with Crippen LogP contribution in [0.25, 0.3) is 10.9 Å². The van der Waals surface area contributed by atoms with Gasteiger partial charge in [-0.05, 0) is 61.9 Å². The molecule has 1 aromatic heterocycles. The van der Waals surface area contributed by atoms with Crippen molar-refractivity contribution in [3.8, 4) is 5.75 Å². The predicted octanol–water partition coefficient (Wildman–Crippen LogP) is 3.82. The van der Waals surface area contributed by atoms with Crippen LogP contribution in [0.3, 0.4) is 0 Å². The number of nitrogens with one attached hydrogen (secondary N) is 2. The molecular formula is C26H31FN4O4. The number of pyridine rings is 1. The molecule has 35 heavy (non-hydrogen) atoms. The lowest BCUT2D eigenvalue weighted by Gasteiger charge is -2.28. The number of hydrogen-bond acceptors (Lipinski definition) is 5. The molecular weight excluding hydrogens is 451 g/mol. The first-order valence-corrected chi connectivity index (χ1v) is 11.9. The van der Waals surface area contributed by atoms with Crippen LogP contribution >= 0.6 is 0 Å². The Morgan fingerprint density at radius 3 is 2.69 bits per heavy atom. The molecule has 1 fully saturated rings. The molecule has 3 aromatic rings. The number of H-pyrrole nitrogens is 1. The molecule has 2 amide bonds. The van der Waals surface area contributed by atoms with Crippen LogP contribution in [0, 0.1) is 5.82 Å². The van der Waals surface area contributed by atoms with Crippen LogP contribution in [-0.4, -0.2) is 66.8 Å². The summed E-state index contributed by atoms with van der Waals surface area (Å²) in [5, 5.41) is 3.65. The second kappa shape index (κ2) is 11.8. The van der Waals surface area contributed by atoms with Crippen molar-refractivity contribution in [2.45, 2.75) is 19.9 Å². The number of halogens is 1. The molecule has 0 aliphatic carbocycles. The molecule has 1 aliphatic heterocycles. The van der Waals surface area contributed by atoms with Crippen molar-refractivity contribution in [2.24, 2.45) is 0 Å². The van der Waals surface area contributed by atoms with Gasteiger partial charge in [-0.3, -0.25) is 9.69 Å². The maximum Gasteiger partial charge on any atom is 0.322 e. The van der Waals surface area contributed by atoms with E-state index >= 15 is 0 Å². The zero-order chi connectivity index (χ0) is 24.6. The summed E-state index contributed by atoms with van der Waals surface area (Å²) in [4.78, 5) is 32.8. The third-order valence-corrected chi connectivity index (χ3v) is 5.95. The Hall–Kier alpha value is -3.43. The molecule has 0 unspecified atom stereocenters. The van der Waals surface area contributed by atoms with E-state index in [9.17, 15) is 14.0 Å². The van der Waals surface area contributed by atoms with Crippen molar-refractivity contribution in [1.29, 1.82) is 0 Å². The summed E-state index contributed by atoms with van der Waals surface area (Å²) in [6, 6.07) is 12.6. The highest BCUT2D eigenvalue weighted by Crippen LogP contribution is 2.20. The molecule has 2 N–H and O–H groups in total. The highest BCUT2D eigenvalue weighted by atomic mass is 19.1. The minimum Gasteiger partial charge on any atom is -0.494 e. The average molecular weight is 483 g/mol. The highest BCUT2D eigenvalue weighted by Gasteiger charge is 2.18. The number of fused-ring (bicyclic) bond motifs is 1. The second-order valence-electron chi connectivity index (χ2n) is 8.47. The molecule has 2 heterocycles. The lowest BCUT2D eigenvalue weighted by atomic mass is 10.1. The van der Waals surface area contributed by atoms with Crippen LogP contribution < -0.4 is 15.6 Å². The number of anilines is 1. The van der Waals surface area contributed by atoms with Gasteiger partial charge in [0.15, 0.2) is 0 Å². The Balaban J connectivity index is 1.52. The number of morpholine rings is 1. The minimum atomic E-state index is -0.375. The maximum absolute atomic E-state index is 13.3. The number of amides is 2. The molecule has 0 atom stereocenters. The molecule has 2 aromatic carbocycles. The molecule has 9 heteroatoms. The summed E-state index contributed by atoms with van der Waals surface area (Å²) in [5.41, 5.74) is 1.43. The quantitative estimate of drug-likeness (QED) is 0.484. The number of carbonyl (C=O) groups excluding carboxylic acids is 1. The van der Waals surface area contributed by atoms with Gasteiger partial charge in [-0.25, -0.2) is 9.18 Å². The fourth-order valence-corrected chi connectivity index (χ4v) is 4.11. The molecule has 0 bridgehead atoms. The van der Waals surface area contributed by atoms with Crippen molar-refractivity contribution in [3.63, 3.8) is 0 Å². The van der Waals surface area contributed by atoms with Gasteiger partial charge < -0.3 is 24.7 Å². The van der Waals surface area contributed by atoms with E-state index in [2.05, 4.69) is 15.2 Å². The van der Waals surface area contributed by atoms with E-state index < -0.39 is 0 Å². The largest absolute Gasteiger partial charge is 0.494 e. The molecule has 8 nitrogen and oxygen atoms in total. The number of benzene rings is 2. The van der Waals surface area contributed by atoms with E-state index in [4.69, 9.17) is 9.47 Å². The topological polar surface area (TPSA) is 86.9 Å². The van der Waals surface area contributed by atoms with Gasteiger partial charge in [0, 0.05) is 48.3 Å². The van der Waals surface area contributed by atoms with Gasteiger partial charge in [-0.15, -0.1) is 0 Å². The van der Waals surface area contributed by atoms with Crippen molar-refractivity contribution in [2.75, 3.05) is 51.3 Å². The van der Waals surface area contributed by atoms with Crippen LogP contribution in [-0.2, 0) is 11.3 Å². The number of aromatic amines is 1. The third kappa shape index (κ3) is 6.80. The number of urea groups is 1. The van der Waals surface area contributed by atoms with E-state index in [1.165, 1.54) is 24.3 Å². The first kappa shape index (κ1) is 24.7. The Morgan fingerprint density at radius 2 is 1.94 bits per heavy atom. The zero-order valence-electron chi connectivity index (χ0n) is 19.9. The molecule has 1 saturated heterocycles. The van der Waals surface area contributed by atoms with Gasteiger partial charge in [-0.1, -0.05) is 0 Å². The summed E-state index contributed by atoms with van der Waals surface area (Å²) >= 11 is 0. The van der Waals surface area contributed by atoms with Crippen LogP contribution in [0.4, 0.5) is 14.9 Å². The van der Waals surface area contributed by atoms with Gasteiger partial charge in [0.25, 0.3) is 5.56 Å². The summed E-state index contributed by atoms with van der Waals surface area (Å²) in [6.07, 6.45) is 0.747. The van der Waals surface area contributed by atoms with Crippen molar-refractivity contribution >= 4 is 22.6 Å². The van der Waals surface area contributed by atoms with Crippen LogP contribution in [0.15, 0.2) is 53.3 Å². The summed E-state index contributed by atoms with van der Waals surface area (Å²) in [5.74, 6) is 0.342. The molecule has 0 saturated carbocycles. The predicted molar refractivity (Wildman–Crippen MR) is 133 cm³/mol. The number of rotatable bonds is 9. The van der Waals surface area contributed by atoms with Crippen LogP contribution in [0.2, 0.25) is 0 Å². The number of nitrogens with zero attached hydrogens (tertiary/aromatic N) is 2. The zero-order valence-corrected chi connectivity index (χ0v) is 19.9. The van der Waals surface area contributed by atoms with E-state index in [1.54, 1.807) is 11.0 Å². The number of ether oxygens (including phenoxy) is 2. The molecule has 186 valence electrons. The van der Waals surface area contributed by atoms with E-state index in [-0.39, 0.29) is 24.0 Å². The smallest absolute Gasteiger partial charge is 0.322 e. The average Bonchev–Trinajstić information content (AvgIpc) is 2.86. The molecule has 1 aliphatic rings.